The van der Waals surface area contributed by atoms with E-state index < -0.39 is 11.9 Å². The first-order chi connectivity index (χ1) is 16.1. The van der Waals surface area contributed by atoms with Crippen LogP contribution in [0.25, 0.3) is 11.0 Å². The summed E-state index contributed by atoms with van der Waals surface area (Å²) in [5.41, 5.74) is 1.64. The van der Waals surface area contributed by atoms with Crippen molar-refractivity contribution < 1.29 is 19.0 Å². The number of fused-ring (bicyclic) bond motifs is 2. The molecule has 5 rings (SSSR count). The zero-order valence-electron chi connectivity index (χ0n) is 18.1. The molecule has 1 fully saturated rings. The number of aliphatic hydroxyl groups is 1. The Hall–Kier alpha value is -3.08. The average Bonchev–Trinajstić information content (AvgIpc) is 3.17. The van der Waals surface area contributed by atoms with Gasteiger partial charge in [-0.1, -0.05) is 0 Å². The lowest BCUT2D eigenvalue weighted by atomic mass is 10.1. The topological polar surface area (TPSA) is 102 Å². The molecule has 4 heterocycles. The van der Waals surface area contributed by atoms with Gasteiger partial charge in [-0.05, 0) is 18.2 Å². The first kappa shape index (κ1) is 21.7. The van der Waals surface area contributed by atoms with Gasteiger partial charge in [-0.2, -0.15) is 0 Å². The fraction of sp³-hybridized carbons (Fsp3) is 0.435. The molecule has 0 spiro atoms. The van der Waals surface area contributed by atoms with E-state index in [1.54, 1.807) is 12.3 Å². The maximum absolute atomic E-state index is 13.7. The van der Waals surface area contributed by atoms with Crippen molar-refractivity contribution in [3.8, 4) is 11.5 Å². The molecular weight excluding hydrogens is 429 g/mol. The largest absolute Gasteiger partial charge is 0.486 e. The molecule has 2 atom stereocenters. The van der Waals surface area contributed by atoms with Crippen molar-refractivity contribution in [2.45, 2.75) is 19.2 Å². The summed E-state index contributed by atoms with van der Waals surface area (Å²) in [4.78, 5) is 22.9. The number of β-amino-alcohol motifs (C(OH)–C–C–N with tert-alkyl or cyclic N) is 1. The maximum atomic E-state index is 13.7. The number of nitrogens with one attached hydrogen (secondary N) is 1. The number of halogens is 1. The molecule has 0 unspecified atom stereocenters. The monoisotopic (exact) mass is 455 g/mol. The molecule has 2 aliphatic heterocycles. The highest BCUT2D eigenvalue weighted by atomic mass is 19.1. The van der Waals surface area contributed by atoms with Crippen LogP contribution in [0.15, 0.2) is 41.5 Å². The van der Waals surface area contributed by atoms with Crippen molar-refractivity contribution in [1.82, 2.24) is 24.8 Å². The summed E-state index contributed by atoms with van der Waals surface area (Å²) in [6.45, 7) is 4.47. The van der Waals surface area contributed by atoms with Gasteiger partial charge in [0, 0.05) is 51.3 Å². The molecule has 1 saturated heterocycles. The third kappa shape index (κ3) is 4.82. The van der Waals surface area contributed by atoms with Crippen LogP contribution in [0.4, 0.5) is 4.39 Å². The fourth-order valence-electron chi connectivity index (χ4n) is 4.40. The molecule has 0 radical (unpaired) electrons. The second kappa shape index (κ2) is 9.42. The smallest absolute Gasteiger partial charge is 0.269 e. The molecule has 0 amide bonds. The predicted octanol–water partition coefficient (Wildman–Crippen LogP) is 0.784. The molecule has 9 nitrogen and oxygen atoms in total. The van der Waals surface area contributed by atoms with Gasteiger partial charge < -0.3 is 24.5 Å². The number of aromatic nitrogens is 3. The Kier molecular flexibility index (Phi) is 6.21. The lowest BCUT2D eigenvalue weighted by Gasteiger charge is -2.19. The highest BCUT2D eigenvalue weighted by Crippen LogP contribution is 2.29. The molecule has 1 aromatic carbocycles. The third-order valence-electron chi connectivity index (χ3n) is 6.13. The van der Waals surface area contributed by atoms with Gasteiger partial charge in [-0.3, -0.25) is 14.7 Å². The molecule has 2 aromatic heterocycles. The Balaban J connectivity index is 1.15. The quantitative estimate of drug-likeness (QED) is 0.539. The Labute approximate surface area is 189 Å². The lowest BCUT2D eigenvalue weighted by Crippen LogP contribution is -2.31. The summed E-state index contributed by atoms with van der Waals surface area (Å²) < 4.78 is 26.3. The number of benzene rings is 1. The normalized spacial score (nSPS) is 20.4. The van der Waals surface area contributed by atoms with Crippen molar-refractivity contribution in [2.75, 3.05) is 39.4 Å². The number of rotatable bonds is 7. The van der Waals surface area contributed by atoms with Crippen molar-refractivity contribution in [2.24, 2.45) is 5.92 Å². The third-order valence-corrected chi connectivity index (χ3v) is 6.13. The van der Waals surface area contributed by atoms with Crippen LogP contribution in [-0.2, 0) is 13.1 Å². The first-order valence-corrected chi connectivity index (χ1v) is 11.1. The summed E-state index contributed by atoms with van der Waals surface area (Å²) in [7, 11) is 0. The maximum Gasteiger partial charge on any atom is 0.269 e. The van der Waals surface area contributed by atoms with Gasteiger partial charge in [0.05, 0.1) is 35.2 Å². The van der Waals surface area contributed by atoms with E-state index in [1.165, 1.54) is 22.9 Å². The van der Waals surface area contributed by atoms with Crippen molar-refractivity contribution >= 4 is 11.0 Å². The van der Waals surface area contributed by atoms with E-state index in [4.69, 9.17) is 9.47 Å². The van der Waals surface area contributed by atoms with Crippen LogP contribution in [0.2, 0.25) is 0 Å². The second-order valence-electron chi connectivity index (χ2n) is 8.42. The van der Waals surface area contributed by atoms with E-state index in [0.717, 1.165) is 5.69 Å². The van der Waals surface area contributed by atoms with Crippen molar-refractivity contribution in [3.05, 3.63) is 58.5 Å². The molecule has 2 aliphatic rings. The van der Waals surface area contributed by atoms with Gasteiger partial charge in [-0.25, -0.2) is 9.37 Å². The molecule has 0 aliphatic carbocycles. The van der Waals surface area contributed by atoms with Crippen LogP contribution in [0.5, 0.6) is 11.5 Å². The van der Waals surface area contributed by atoms with Crippen LogP contribution >= 0.6 is 0 Å². The summed E-state index contributed by atoms with van der Waals surface area (Å²) in [6.07, 6.45) is 2.47. The molecule has 33 heavy (non-hydrogen) atoms. The molecule has 3 aromatic rings. The standard InChI is InChI=1S/C23H26FN5O4/c24-16-1-2-18-19(7-16)29(23(31)12-27-18)4-3-28-13-15(20(30)14-28)9-25-10-17-8-21-22(11-26-17)33-6-5-32-21/h1-2,7-8,11-12,15,20,25,30H,3-6,9-10,13-14H2/t15-,20+/m0/s1. The zero-order chi connectivity index (χ0) is 22.8. The average molecular weight is 455 g/mol. The van der Waals surface area contributed by atoms with Gasteiger partial charge in [0.2, 0.25) is 0 Å². The van der Waals surface area contributed by atoms with E-state index in [1.807, 2.05) is 6.07 Å². The number of ether oxygens (including phenoxy) is 2. The number of aliphatic hydroxyl groups excluding tert-OH is 1. The number of pyridine rings is 1. The summed E-state index contributed by atoms with van der Waals surface area (Å²) in [5, 5.41) is 13.9. The van der Waals surface area contributed by atoms with E-state index in [9.17, 15) is 14.3 Å². The second-order valence-corrected chi connectivity index (χ2v) is 8.42. The van der Waals surface area contributed by atoms with E-state index in [-0.39, 0.29) is 11.5 Å². The number of hydrogen-bond acceptors (Lipinski definition) is 8. The summed E-state index contributed by atoms with van der Waals surface area (Å²) in [6, 6.07) is 6.11. The molecule has 0 bridgehead atoms. The number of nitrogens with zero attached hydrogens (tertiary/aromatic N) is 4. The van der Waals surface area contributed by atoms with Gasteiger partial charge in [-0.15, -0.1) is 0 Å². The molecule has 2 N–H and O–H groups in total. The zero-order valence-corrected chi connectivity index (χ0v) is 18.1. The molecule has 174 valence electrons. The molecular formula is C23H26FN5O4. The Morgan fingerprint density at radius 2 is 1.94 bits per heavy atom. The van der Waals surface area contributed by atoms with Crippen molar-refractivity contribution in [3.63, 3.8) is 0 Å². The Morgan fingerprint density at radius 3 is 2.82 bits per heavy atom. The Morgan fingerprint density at radius 1 is 1.09 bits per heavy atom. The highest BCUT2D eigenvalue weighted by Gasteiger charge is 2.30. The Bertz CT molecular complexity index is 1200. The van der Waals surface area contributed by atoms with Gasteiger partial charge in [0.15, 0.2) is 11.5 Å². The van der Waals surface area contributed by atoms with E-state index >= 15 is 0 Å². The van der Waals surface area contributed by atoms with E-state index in [0.29, 0.717) is 75.0 Å². The lowest BCUT2D eigenvalue weighted by molar-refractivity contribution is 0.140. The van der Waals surface area contributed by atoms with Crippen LogP contribution < -0.4 is 20.3 Å². The van der Waals surface area contributed by atoms with Gasteiger partial charge in [0.25, 0.3) is 5.56 Å². The minimum Gasteiger partial charge on any atom is -0.486 e. The first-order valence-electron chi connectivity index (χ1n) is 11.1. The van der Waals surface area contributed by atoms with Crippen LogP contribution in [-0.4, -0.2) is 70.0 Å². The van der Waals surface area contributed by atoms with Gasteiger partial charge >= 0.3 is 0 Å². The minimum absolute atomic E-state index is 0.0607. The minimum atomic E-state index is -0.464. The summed E-state index contributed by atoms with van der Waals surface area (Å²) >= 11 is 0. The van der Waals surface area contributed by atoms with Crippen LogP contribution in [0.1, 0.15) is 5.69 Å². The fourth-order valence-corrected chi connectivity index (χ4v) is 4.40. The van der Waals surface area contributed by atoms with Crippen LogP contribution in [0, 0.1) is 11.7 Å². The number of hydrogen-bond donors (Lipinski definition) is 2. The molecule has 0 saturated carbocycles. The van der Waals surface area contributed by atoms with Crippen LogP contribution in [0.3, 0.4) is 0 Å². The van der Waals surface area contributed by atoms with E-state index in [2.05, 4.69) is 20.2 Å². The SMILES string of the molecule is O=c1cnc2ccc(F)cc2n1CCN1C[C@H](CNCc2cc3c(cn2)OCCO3)[C@H](O)C1. The van der Waals surface area contributed by atoms with Crippen molar-refractivity contribution in [1.29, 1.82) is 0 Å². The number of likely N-dealkylation sites (tertiary alicyclic amines) is 1. The molecule has 10 heteroatoms. The highest BCUT2D eigenvalue weighted by molar-refractivity contribution is 5.74. The summed E-state index contributed by atoms with van der Waals surface area (Å²) in [5.74, 6) is 1.03. The van der Waals surface area contributed by atoms with Gasteiger partial charge in [0.1, 0.15) is 19.0 Å². The predicted molar refractivity (Wildman–Crippen MR) is 119 cm³/mol.